The van der Waals surface area contributed by atoms with Gasteiger partial charge in [-0.15, -0.1) is 0 Å². The standard InChI is InChI=1S/C21H29NO7/c1-7-15(22-20(25)29-21(3,4)5)13-17(19(24)27-8-2)28-18(23)14-9-11-16(26-6)12-10-14/h9-13,15H,7-8H2,1-6H3,(H,22,25)/b17-13+. The lowest BCUT2D eigenvalue weighted by Gasteiger charge is -2.22. The Morgan fingerprint density at radius 2 is 1.72 bits per heavy atom. The first-order valence-corrected chi connectivity index (χ1v) is 9.34. The Morgan fingerprint density at radius 1 is 1.10 bits per heavy atom. The zero-order valence-electron chi connectivity index (χ0n) is 17.7. The highest BCUT2D eigenvalue weighted by Gasteiger charge is 2.22. The van der Waals surface area contributed by atoms with Crippen LogP contribution in [0.4, 0.5) is 4.79 Å². The van der Waals surface area contributed by atoms with Crippen molar-refractivity contribution in [2.45, 2.75) is 52.7 Å². The largest absolute Gasteiger partial charge is 0.497 e. The van der Waals surface area contributed by atoms with Crippen LogP contribution in [0, 0.1) is 0 Å². The highest BCUT2D eigenvalue weighted by molar-refractivity contribution is 5.95. The van der Waals surface area contributed by atoms with E-state index < -0.39 is 29.7 Å². The van der Waals surface area contributed by atoms with Crippen LogP contribution in [-0.2, 0) is 19.0 Å². The van der Waals surface area contributed by atoms with E-state index in [1.54, 1.807) is 46.8 Å². The molecular formula is C21H29NO7. The molecule has 1 amide bonds. The summed E-state index contributed by atoms with van der Waals surface area (Å²) in [6.45, 7) is 8.76. The van der Waals surface area contributed by atoms with E-state index in [-0.39, 0.29) is 17.9 Å². The van der Waals surface area contributed by atoms with Crippen LogP contribution in [0.2, 0.25) is 0 Å². The van der Waals surface area contributed by atoms with Crippen LogP contribution in [0.25, 0.3) is 0 Å². The lowest BCUT2D eigenvalue weighted by atomic mass is 10.2. The van der Waals surface area contributed by atoms with Crippen molar-refractivity contribution >= 4 is 18.0 Å². The molecule has 0 heterocycles. The molecular weight excluding hydrogens is 378 g/mol. The fourth-order valence-electron chi connectivity index (χ4n) is 2.14. The van der Waals surface area contributed by atoms with Crippen molar-refractivity contribution in [2.24, 2.45) is 0 Å². The number of carbonyl (C=O) groups is 3. The molecule has 0 aliphatic heterocycles. The minimum Gasteiger partial charge on any atom is -0.497 e. The van der Waals surface area contributed by atoms with Gasteiger partial charge in [-0.2, -0.15) is 0 Å². The summed E-state index contributed by atoms with van der Waals surface area (Å²) in [5.41, 5.74) is -0.439. The molecule has 0 aliphatic carbocycles. The summed E-state index contributed by atoms with van der Waals surface area (Å²) in [6, 6.07) is 5.63. The quantitative estimate of drug-likeness (QED) is 0.304. The molecule has 1 aromatic carbocycles. The topological polar surface area (TPSA) is 100 Å². The lowest BCUT2D eigenvalue weighted by Crippen LogP contribution is -2.38. The number of rotatable bonds is 8. The number of hydrogen-bond donors (Lipinski definition) is 1. The van der Waals surface area contributed by atoms with Crippen LogP contribution < -0.4 is 10.1 Å². The van der Waals surface area contributed by atoms with E-state index in [1.165, 1.54) is 25.3 Å². The van der Waals surface area contributed by atoms with Gasteiger partial charge in [0.05, 0.1) is 25.3 Å². The van der Waals surface area contributed by atoms with Crippen molar-refractivity contribution in [2.75, 3.05) is 13.7 Å². The third-order valence-corrected chi connectivity index (χ3v) is 3.50. The molecule has 0 fully saturated rings. The molecule has 1 rings (SSSR count). The number of esters is 2. The Kier molecular flexibility index (Phi) is 9.18. The van der Waals surface area contributed by atoms with Crippen LogP contribution in [0.5, 0.6) is 5.75 Å². The number of methoxy groups -OCH3 is 1. The van der Waals surface area contributed by atoms with Gasteiger partial charge in [-0.25, -0.2) is 14.4 Å². The molecule has 8 heteroatoms. The van der Waals surface area contributed by atoms with Crippen LogP contribution in [0.1, 0.15) is 51.4 Å². The monoisotopic (exact) mass is 407 g/mol. The third kappa shape index (κ3) is 8.68. The van der Waals surface area contributed by atoms with E-state index in [0.29, 0.717) is 12.2 Å². The number of alkyl carbamates (subject to hydrolysis) is 1. The number of benzene rings is 1. The lowest BCUT2D eigenvalue weighted by molar-refractivity contribution is -0.141. The summed E-state index contributed by atoms with van der Waals surface area (Å²) in [6.07, 6.45) is 1.12. The molecule has 0 radical (unpaired) electrons. The van der Waals surface area contributed by atoms with Gasteiger partial charge in [0.1, 0.15) is 11.4 Å². The van der Waals surface area contributed by atoms with Gasteiger partial charge in [-0.3, -0.25) is 0 Å². The normalized spacial score (nSPS) is 12.6. The summed E-state index contributed by atoms with van der Waals surface area (Å²) in [5.74, 6) is -1.27. The van der Waals surface area contributed by atoms with Crippen molar-refractivity contribution in [1.29, 1.82) is 0 Å². The Bertz CT molecular complexity index is 732. The minimum absolute atomic E-state index is 0.104. The van der Waals surface area contributed by atoms with E-state index in [9.17, 15) is 14.4 Å². The third-order valence-electron chi connectivity index (χ3n) is 3.50. The minimum atomic E-state index is -0.807. The van der Waals surface area contributed by atoms with E-state index in [1.807, 2.05) is 0 Å². The maximum atomic E-state index is 12.4. The zero-order valence-corrected chi connectivity index (χ0v) is 17.7. The smallest absolute Gasteiger partial charge is 0.408 e. The Labute approximate surface area is 171 Å². The van der Waals surface area contributed by atoms with Crippen LogP contribution >= 0.6 is 0 Å². The summed E-state index contributed by atoms with van der Waals surface area (Å²) in [4.78, 5) is 36.7. The molecule has 0 saturated heterocycles. The number of carbonyl (C=O) groups excluding carboxylic acids is 3. The molecule has 8 nitrogen and oxygen atoms in total. The van der Waals surface area contributed by atoms with E-state index in [0.717, 1.165) is 0 Å². The van der Waals surface area contributed by atoms with E-state index in [2.05, 4.69) is 5.32 Å². The molecule has 0 aromatic heterocycles. The number of hydrogen-bond acceptors (Lipinski definition) is 7. The predicted octanol–water partition coefficient (Wildman–Crippen LogP) is 3.60. The second-order valence-corrected chi connectivity index (χ2v) is 7.03. The van der Waals surface area contributed by atoms with Crippen LogP contribution in [-0.4, -0.2) is 43.4 Å². The van der Waals surface area contributed by atoms with Crippen LogP contribution in [0.3, 0.4) is 0 Å². The van der Waals surface area contributed by atoms with E-state index >= 15 is 0 Å². The number of amides is 1. The molecule has 1 unspecified atom stereocenters. The van der Waals surface area contributed by atoms with Gasteiger partial charge in [-0.05, 0) is 64.5 Å². The number of ether oxygens (including phenoxy) is 4. The maximum Gasteiger partial charge on any atom is 0.408 e. The van der Waals surface area contributed by atoms with Crippen molar-refractivity contribution in [3.8, 4) is 5.75 Å². The van der Waals surface area contributed by atoms with Gasteiger partial charge in [0.15, 0.2) is 0 Å². The van der Waals surface area contributed by atoms with E-state index in [4.69, 9.17) is 18.9 Å². The average Bonchev–Trinajstić information content (AvgIpc) is 2.65. The van der Waals surface area contributed by atoms with Gasteiger partial charge >= 0.3 is 18.0 Å². The summed E-state index contributed by atoms with van der Waals surface area (Å²) in [7, 11) is 1.51. The second kappa shape index (κ2) is 11.1. The molecule has 1 N–H and O–H groups in total. The van der Waals surface area contributed by atoms with Gasteiger partial charge in [0.25, 0.3) is 0 Å². The average molecular weight is 407 g/mol. The summed E-state index contributed by atoms with van der Waals surface area (Å²) < 4.78 is 20.5. The first kappa shape index (κ1) is 24.0. The van der Waals surface area contributed by atoms with Gasteiger partial charge < -0.3 is 24.3 Å². The Balaban J connectivity index is 3.00. The zero-order chi connectivity index (χ0) is 22.0. The first-order valence-electron chi connectivity index (χ1n) is 9.34. The van der Waals surface area contributed by atoms with Crippen molar-refractivity contribution < 1.29 is 33.3 Å². The van der Waals surface area contributed by atoms with Gasteiger partial charge in [0.2, 0.25) is 5.76 Å². The Morgan fingerprint density at radius 3 is 2.21 bits per heavy atom. The van der Waals surface area contributed by atoms with Crippen molar-refractivity contribution in [3.05, 3.63) is 41.7 Å². The summed E-state index contributed by atoms with van der Waals surface area (Å²) >= 11 is 0. The van der Waals surface area contributed by atoms with Gasteiger partial charge in [-0.1, -0.05) is 6.92 Å². The molecule has 29 heavy (non-hydrogen) atoms. The Hall–Kier alpha value is -3.03. The predicted molar refractivity (Wildman–Crippen MR) is 107 cm³/mol. The fourth-order valence-corrected chi connectivity index (χ4v) is 2.14. The molecule has 0 aliphatic rings. The number of nitrogens with one attached hydrogen (secondary N) is 1. The van der Waals surface area contributed by atoms with Crippen LogP contribution in [0.15, 0.2) is 36.1 Å². The maximum absolute atomic E-state index is 12.4. The molecule has 1 aromatic rings. The molecule has 0 spiro atoms. The first-order chi connectivity index (χ1) is 13.6. The molecule has 1 atom stereocenters. The van der Waals surface area contributed by atoms with Crippen molar-refractivity contribution in [1.82, 2.24) is 5.32 Å². The molecule has 0 bridgehead atoms. The molecule has 160 valence electrons. The highest BCUT2D eigenvalue weighted by Crippen LogP contribution is 2.15. The highest BCUT2D eigenvalue weighted by atomic mass is 16.6. The fraction of sp³-hybridized carbons (Fsp3) is 0.476. The summed E-state index contributed by atoms with van der Waals surface area (Å²) in [5, 5.41) is 2.63. The van der Waals surface area contributed by atoms with Crippen molar-refractivity contribution in [3.63, 3.8) is 0 Å². The second-order valence-electron chi connectivity index (χ2n) is 7.03. The molecule has 0 saturated carbocycles. The van der Waals surface area contributed by atoms with Gasteiger partial charge in [0, 0.05) is 0 Å². The SMILES string of the molecule is CCOC(=O)/C(=C\C(CC)NC(=O)OC(C)(C)C)OC(=O)c1ccc(OC)cc1.